The summed E-state index contributed by atoms with van der Waals surface area (Å²) in [5.41, 5.74) is 4.05. The fourth-order valence-electron chi connectivity index (χ4n) is 4.95. The fraction of sp³-hybridized carbons (Fsp3) is 0. The Morgan fingerprint density at radius 1 is 0.524 bits per heavy atom. The summed E-state index contributed by atoms with van der Waals surface area (Å²) >= 11 is 0. The van der Waals surface area contributed by atoms with Gasteiger partial charge in [0.15, 0.2) is 34.6 Å². The molecule has 10 heteroatoms. The second kappa shape index (κ2) is 9.39. The predicted molar refractivity (Wildman–Crippen MR) is 158 cm³/mol. The summed E-state index contributed by atoms with van der Waals surface area (Å²) in [7, 11) is 0. The molecule has 0 saturated heterocycles. The molecule has 1 aliphatic rings. The molecule has 7 rings (SSSR count). The van der Waals surface area contributed by atoms with Crippen LogP contribution in [-0.4, -0.2) is 19.9 Å². The maximum Gasteiger partial charge on any atom is 0.196 e. The number of anilines is 6. The second-order valence-electron chi connectivity index (χ2n) is 9.25. The van der Waals surface area contributed by atoms with Crippen LogP contribution in [-0.2, 0) is 0 Å². The Morgan fingerprint density at radius 2 is 0.857 bits per heavy atom. The summed E-state index contributed by atoms with van der Waals surface area (Å²) in [5, 5.41) is 19.3. The predicted octanol–water partition coefficient (Wildman–Crippen LogP) is 7.67. The Morgan fingerprint density at radius 3 is 1.17 bits per heavy atom. The highest BCUT2D eigenvalue weighted by atomic mass is 15.4. The van der Waals surface area contributed by atoms with E-state index in [0.29, 0.717) is 45.3 Å². The smallest absolute Gasteiger partial charge is 0.196 e. The molecule has 0 spiro atoms. The van der Waals surface area contributed by atoms with Crippen LogP contribution >= 0.6 is 0 Å². The lowest BCUT2D eigenvalue weighted by Crippen LogP contribution is -2.28. The van der Waals surface area contributed by atoms with Crippen LogP contribution in [0.4, 0.5) is 46.0 Å². The van der Waals surface area contributed by atoms with Gasteiger partial charge in [0.2, 0.25) is 0 Å². The maximum absolute atomic E-state index is 9.65. The maximum atomic E-state index is 9.65. The van der Waals surface area contributed by atoms with E-state index in [4.69, 9.17) is 33.1 Å². The Labute approximate surface area is 239 Å². The van der Waals surface area contributed by atoms with Gasteiger partial charge in [-0.2, -0.15) is 10.5 Å². The molecule has 2 aromatic heterocycles. The van der Waals surface area contributed by atoms with Crippen LogP contribution in [0.2, 0.25) is 0 Å². The molecule has 0 atom stereocenters. The van der Waals surface area contributed by atoms with Gasteiger partial charge in [-0.05, 0) is 48.5 Å². The Hall–Kier alpha value is -6.88. The van der Waals surface area contributed by atoms with E-state index >= 15 is 0 Å². The summed E-state index contributed by atoms with van der Waals surface area (Å²) < 4.78 is 0. The number of hydrogen-bond donors (Lipinski definition) is 0. The largest absolute Gasteiger partial charge is 0.273 e. The van der Waals surface area contributed by atoms with E-state index in [9.17, 15) is 10.5 Å². The highest BCUT2D eigenvalue weighted by Gasteiger charge is 2.36. The zero-order valence-electron chi connectivity index (χ0n) is 21.6. The van der Waals surface area contributed by atoms with Crippen LogP contribution in [0.5, 0.6) is 0 Å². The minimum atomic E-state index is 0.192. The van der Waals surface area contributed by atoms with Gasteiger partial charge in [0.1, 0.15) is 12.1 Å². The van der Waals surface area contributed by atoms with Crippen molar-refractivity contribution in [3.63, 3.8) is 0 Å². The third-order valence-corrected chi connectivity index (χ3v) is 6.85. The number of nitriles is 2. The molecular formula is C32H14N10. The third kappa shape index (κ3) is 3.62. The first-order valence-corrected chi connectivity index (χ1v) is 12.6. The number of benzene rings is 4. The molecule has 10 nitrogen and oxygen atoms in total. The molecule has 0 N–H and O–H groups in total. The topological polar surface area (TPSA) is 114 Å². The normalized spacial score (nSPS) is 11.6. The van der Waals surface area contributed by atoms with Gasteiger partial charge in [-0.1, -0.05) is 36.4 Å². The second-order valence-corrected chi connectivity index (χ2v) is 9.25. The minimum absolute atomic E-state index is 0.192. The molecule has 0 bridgehead atoms. The van der Waals surface area contributed by atoms with E-state index in [2.05, 4.69) is 21.8 Å². The van der Waals surface area contributed by atoms with E-state index < -0.39 is 0 Å². The van der Waals surface area contributed by atoms with Crippen LogP contribution in [0, 0.1) is 35.8 Å². The van der Waals surface area contributed by atoms with Crippen molar-refractivity contribution in [2.45, 2.75) is 0 Å². The van der Waals surface area contributed by atoms with Gasteiger partial charge in [0, 0.05) is 11.4 Å². The molecule has 6 aromatic rings. The van der Waals surface area contributed by atoms with Gasteiger partial charge in [-0.25, -0.2) is 19.9 Å². The number of aromatic nitrogens is 4. The van der Waals surface area contributed by atoms with Gasteiger partial charge < -0.3 is 0 Å². The molecule has 4 aromatic carbocycles. The Balaban J connectivity index is 1.62. The fourth-order valence-corrected chi connectivity index (χ4v) is 4.95. The average Bonchev–Trinajstić information content (AvgIpc) is 3.04. The quantitative estimate of drug-likeness (QED) is 0.206. The summed E-state index contributed by atoms with van der Waals surface area (Å²) in [5.74, 6) is 1.77. The monoisotopic (exact) mass is 538 g/mol. The van der Waals surface area contributed by atoms with E-state index in [1.807, 2.05) is 70.5 Å². The van der Waals surface area contributed by atoms with Crippen LogP contribution in [0.15, 0.2) is 84.9 Å². The van der Waals surface area contributed by atoms with Crippen molar-refractivity contribution >= 4 is 68.1 Å². The molecule has 3 heterocycles. The molecule has 192 valence electrons. The van der Waals surface area contributed by atoms with Crippen LogP contribution < -0.4 is 9.80 Å². The van der Waals surface area contributed by atoms with Gasteiger partial charge in [0.05, 0.1) is 46.3 Å². The molecule has 0 unspecified atom stereocenters. The highest BCUT2D eigenvalue weighted by molar-refractivity contribution is 6.01. The summed E-state index contributed by atoms with van der Waals surface area (Å²) in [6.45, 7) is 15.1. The first-order valence-electron chi connectivity index (χ1n) is 12.6. The Bertz CT molecular complexity index is 1970. The van der Waals surface area contributed by atoms with Gasteiger partial charge >= 0.3 is 0 Å². The number of hydrogen-bond acceptors (Lipinski definition) is 8. The first kappa shape index (κ1) is 24.2. The molecule has 0 aliphatic carbocycles. The molecule has 0 fully saturated rings. The van der Waals surface area contributed by atoms with Crippen molar-refractivity contribution in [1.29, 1.82) is 10.5 Å². The molecule has 0 saturated carbocycles. The zero-order chi connectivity index (χ0) is 28.8. The lowest BCUT2D eigenvalue weighted by Gasteiger charge is -2.36. The third-order valence-electron chi connectivity index (χ3n) is 6.85. The van der Waals surface area contributed by atoms with Crippen LogP contribution in [0.25, 0.3) is 31.8 Å². The number of para-hydroxylation sites is 2. The highest BCUT2D eigenvalue weighted by Crippen LogP contribution is 2.52. The van der Waals surface area contributed by atoms with Crippen molar-refractivity contribution in [3.8, 4) is 12.1 Å². The van der Waals surface area contributed by atoms with Gasteiger partial charge in [-0.3, -0.25) is 19.5 Å². The standard InChI is InChI=1S/C32H14N10/c1-35-23-15-27-28(16-24(23)36-2)40-32-31(39-27)41(21-9-5-3-6-10-21)29-30(42(32)22-11-7-4-8-12-22)38-26-14-20(18-34)19(17-33)13-25(26)37-29/h3-16H. The van der Waals surface area contributed by atoms with Crippen molar-refractivity contribution in [2.75, 3.05) is 9.80 Å². The van der Waals surface area contributed by atoms with E-state index in [1.54, 1.807) is 24.3 Å². The lowest BCUT2D eigenvalue weighted by atomic mass is 10.1. The van der Waals surface area contributed by atoms with Crippen molar-refractivity contribution in [3.05, 3.63) is 119 Å². The van der Waals surface area contributed by atoms with Crippen LogP contribution in [0.3, 0.4) is 0 Å². The van der Waals surface area contributed by atoms with Gasteiger partial charge in [-0.15, -0.1) is 0 Å². The molecule has 0 radical (unpaired) electrons. The van der Waals surface area contributed by atoms with E-state index in [1.165, 1.54) is 0 Å². The molecule has 1 aliphatic heterocycles. The first-order chi connectivity index (χ1) is 20.6. The molecular weight excluding hydrogens is 524 g/mol. The number of fused-ring (bicyclic) bond motifs is 4. The van der Waals surface area contributed by atoms with Crippen molar-refractivity contribution < 1.29 is 0 Å². The van der Waals surface area contributed by atoms with Gasteiger partial charge in [0.25, 0.3) is 0 Å². The van der Waals surface area contributed by atoms with Crippen LogP contribution in [0.1, 0.15) is 11.1 Å². The number of rotatable bonds is 2. The minimum Gasteiger partial charge on any atom is -0.273 e. The Kier molecular flexibility index (Phi) is 5.41. The van der Waals surface area contributed by atoms with E-state index in [-0.39, 0.29) is 22.5 Å². The summed E-state index contributed by atoms with van der Waals surface area (Å²) in [4.78, 5) is 30.6. The summed E-state index contributed by atoms with van der Waals surface area (Å²) in [6, 6.07) is 29.4. The lowest BCUT2D eigenvalue weighted by molar-refractivity contribution is 1.03. The number of nitrogens with zero attached hydrogens (tertiary/aromatic N) is 10. The SMILES string of the molecule is [C-]#[N+]c1cc2nc3c(nc2cc1[N+]#[C-])N(c1ccccc1)c1nc2cc(C#N)c(C#N)cc2nc1N3c1ccccc1. The molecule has 42 heavy (non-hydrogen) atoms. The average molecular weight is 539 g/mol. The van der Waals surface area contributed by atoms with Crippen molar-refractivity contribution in [2.24, 2.45) is 0 Å². The summed E-state index contributed by atoms with van der Waals surface area (Å²) in [6.07, 6.45) is 0. The molecule has 0 amide bonds. The van der Waals surface area contributed by atoms with E-state index in [0.717, 1.165) is 11.4 Å². The zero-order valence-corrected chi connectivity index (χ0v) is 21.6. The van der Waals surface area contributed by atoms with Crippen molar-refractivity contribution in [1.82, 2.24) is 19.9 Å².